The van der Waals surface area contributed by atoms with Gasteiger partial charge >= 0.3 is 5.97 Å². The maximum atomic E-state index is 10.4. The van der Waals surface area contributed by atoms with Crippen LogP contribution in [0.4, 0.5) is 0 Å². The van der Waals surface area contributed by atoms with Gasteiger partial charge in [0.25, 0.3) is 0 Å². The van der Waals surface area contributed by atoms with E-state index in [2.05, 4.69) is 0 Å². The highest BCUT2D eigenvalue weighted by Gasteiger charge is 2.08. The van der Waals surface area contributed by atoms with Crippen LogP contribution < -0.4 is 0 Å². The minimum atomic E-state index is -0.733. The first-order chi connectivity index (χ1) is 6.18. The third-order valence-electron chi connectivity index (χ3n) is 1.89. The van der Waals surface area contributed by atoms with Gasteiger partial charge in [0.2, 0.25) is 0 Å². The van der Waals surface area contributed by atoms with Crippen molar-refractivity contribution < 1.29 is 14.7 Å². The number of rotatable bonds is 7. The lowest BCUT2D eigenvalue weighted by molar-refractivity contribution is -0.141. The van der Waals surface area contributed by atoms with Gasteiger partial charge in [-0.1, -0.05) is 19.4 Å². The molecule has 0 aliphatic heterocycles. The SMILES string of the molecule is CC(CCCC/C=C/C=O)C(=O)O. The molecule has 0 aliphatic carbocycles. The molecule has 1 atom stereocenters. The average molecular weight is 184 g/mol. The lowest BCUT2D eigenvalue weighted by atomic mass is 10.0. The Bertz CT molecular complexity index is 185. The molecule has 1 N–H and O–H groups in total. The number of carboxylic acid groups (broad SMARTS) is 1. The van der Waals surface area contributed by atoms with Crippen LogP contribution in [0.1, 0.15) is 32.6 Å². The molecule has 0 aromatic heterocycles. The summed E-state index contributed by atoms with van der Waals surface area (Å²) in [6.07, 6.45) is 7.44. The number of carbonyl (C=O) groups is 2. The molecule has 0 rings (SSSR count). The predicted octanol–water partition coefficient (Wildman–Crippen LogP) is 2.02. The Balaban J connectivity index is 3.30. The molecule has 0 fully saturated rings. The predicted molar refractivity (Wildman–Crippen MR) is 50.5 cm³/mol. The zero-order valence-corrected chi connectivity index (χ0v) is 7.90. The van der Waals surface area contributed by atoms with E-state index in [-0.39, 0.29) is 5.92 Å². The van der Waals surface area contributed by atoms with E-state index < -0.39 is 5.97 Å². The van der Waals surface area contributed by atoms with Crippen molar-refractivity contribution in [2.45, 2.75) is 32.6 Å². The molecule has 13 heavy (non-hydrogen) atoms. The summed E-state index contributed by atoms with van der Waals surface area (Å²) in [5, 5.41) is 8.56. The average Bonchev–Trinajstić information content (AvgIpc) is 2.10. The van der Waals surface area contributed by atoms with Gasteiger partial charge in [-0.3, -0.25) is 9.59 Å². The maximum absolute atomic E-state index is 10.4. The van der Waals surface area contributed by atoms with Gasteiger partial charge in [0, 0.05) is 0 Å². The van der Waals surface area contributed by atoms with Crippen LogP contribution in [0.3, 0.4) is 0 Å². The molecular formula is C10H16O3. The normalized spacial score (nSPS) is 13.0. The van der Waals surface area contributed by atoms with Crippen LogP contribution in [0.15, 0.2) is 12.2 Å². The van der Waals surface area contributed by atoms with E-state index in [1.165, 1.54) is 6.08 Å². The topological polar surface area (TPSA) is 54.4 Å². The van der Waals surface area contributed by atoms with Crippen molar-refractivity contribution in [3.05, 3.63) is 12.2 Å². The van der Waals surface area contributed by atoms with Crippen LogP contribution in [0.25, 0.3) is 0 Å². The van der Waals surface area contributed by atoms with Crippen LogP contribution in [0, 0.1) is 5.92 Å². The summed E-state index contributed by atoms with van der Waals surface area (Å²) >= 11 is 0. The molecule has 0 saturated heterocycles. The van der Waals surface area contributed by atoms with Crippen molar-refractivity contribution >= 4 is 12.3 Å². The van der Waals surface area contributed by atoms with Gasteiger partial charge in [-0.15, -0.1) is 0 Å². The van der Waals surface area contributed by atoms with Crippen LogP contribution >= 0.6 is 0 Å². The molecule has 0 bridgehead atoms. The number of carboxylic acids is 1. The zero-order valence-electron chi connectivity index (χ0n) is 7.90. The van der Waals surface area contributed by atoms with Crippen molar-refractivity contribution in [2.24, 2.45) is 5.92 Å². The Hall–Kier alpha value is -1.12. The number of carbonyl (C=O) groups excluding carboxylic acids is 1. The quantitative estimate of drug-likeness (QED) is 0.374. The van der Waals surface area contributed by atoms with E-state index in [1.54, 1.807) is 13.0 Å². The summed E-state index contributed by atoms with van der Waals surface area (Å²) in [6.45, 7) is 1.71. The molecule has 0 heterocycles. The first-order valence-corrected chi connectivity index (χ1v) is 4.51. The second-order valence-electron chi connectivity index (χ2n) is 3.09. The van der Waals surface area contributed by atoms with Crippen molar-refractivity contribution in [1.29, 1.82) is 0 Å². The Morgan fingerprint density at radius 3 is 2.69 bits per heavy atom. The molecule has 0 aromatic rings. The van der Waals surface area contributed by atoms with E-state index in [0.29, 0.717) is 6.42 Å². The second kappa shape index (κ2) is 7.53. The van der Waals surface area contributed by atoms with Crippen molar-refractivity contribution in [3.63, 3.8) is 0 Å². The van der Waals surface area contributed by atoms with Gasteiger partial charge in [0.05, 0.1) is 5.92 Å². The Morgan fingerprint density at radius 2 is 2.15 bits per heavy atom. The molecule has 0 aromatic carbocycles. The third-order valence-corrected chi connectivity index (χ3v) is 1.89. The van der Waals surface area contributed by atoms with E-state index in [0.717, 1.165) is 25.5 Å². The van der Waals surface area contributed by atoms with Crippen molar-refractivity contribution in [2.75, 3.05) is 0 Å². The van der Waals surface area contributed by atoms with Crippen LogP contribution in [-0.4, -0.2) is 17.4 Å². The third kappa shape index (κ3) is 7.25. The van der Waals surface area contributed by atoms with E-state index in [1.807, 2.05) is 0 Å². The first kappa shape index (κ1) is 11.9. The maximum Gasteiger partial charge on any atom is 0.306 e. The summed E-state index contributed by atoms with van der Waals surface area (Å²) < 4.78 is 0. The molecule has 0 spiro atoms. The number of hydrogen-bond donors (Lipinski definition) is 1. The number of hydrogen-bond acceptors (Lipinski definition) is 2. The summed E-state index contributed by atoms with van der Waals surface area (Å²) in [5.74, 6) is -0.988. The van der Waals surface area contributed by atoms with Gasteiger partial charge in [0.1, 0.15) is 6.29 Å². The fourth-order valence-corrected chi connectivity index (χ4v) is 0.988. The second-order valence-corrected chi connectivity index (χ2v) is 3.09. The minimum absolute atomic E-state index is 0.255. The largest absolute Gasteiger partial charge is 0.481 e. The van der Waals surface area contributed by atoms with Gasteiger partial charge < -0.3 is 5.11 Å². The molecule has 3 heteroatoms. The highest BCUT2D eigenvalue weighted by Crippen LogP contribution is 2.09. The molecule has 74 valence electrons. The standard InChI is InChI=1S/C10H16O3/c1-9(10(12)13)7-5-3-2-4-6-8-11/h4,6,8-9H,2-3,5,7H2,1H3,(H,12,13)/b6-4+. The highest BCUT2D eigenvalue weighted by molar-refractivity contribution is 5.69. The number of aliphatic carboxylic acids is 1. The fourth-order valence-electron chi connectivity index (χ4n) is 0.988. The Kier molecular flexibility index (Phi) is 6.88. The Labute approximate surface area is 78.5 Å². The first-order valence-electron chi connectivity index (χ1n) is 4.51. The monoisotopic (exact) mass is 184 g/mol. The smallest absolute Gasteiger partial charge is 0.306 e. The van der Waals surface area contributed by atoms with Gasteiger partial charge in [-0.2, -0.15) is 0 Å². The van der Waals surface area contributed by atoms with E-state index in [9.17, 15) is 9.59 Å². The molecule has 0 radical (unpaired) electrons. The van der Waals surface area contributed by atoms with Gasteiger partial charge in [-0.05, 0) is 25.3 Å². The molecule has 1 unspecified atom stereocenters. The van der Waals surface area contributed by atoms with E-state index in [4.69, 9.17) is 5.11 Å². The summed E-state index contributed by atoms with van der Waals surface area (Å²) in [6, 6.07) is 0. The minimum Gasteiger partial charge on any atom is -0.481 e. The molecule has 3 nitrogen and oxygen atoms in total. The lowest BCUT2D eigenvalue weighted by Crippen LogP contribution is -2.08. The molecule has 0 aliphatic rings. The van der Waals surface area contributed by atoms with Crippen molar-refractivity contribution in [3.8, 4) is 0 Å². The van der Waals surface area contributed by atoms with Gasteiger partial charge in [0.15, 0.2) is 0 Å². The van der Waals surface area contributed by atoms with Crippen molar-refractivity contribution in [1.82, 2.24) is 0 Å². The van der Waals surface area contributed by atoms with E-state index >= 15 is 0 Å². The van der Waals surface area contributed by atoms with Crippen LogP contribution in [0.2, 0.25) is 0 Å². The summed E-state index contributed by atoms with van der Waals surface area (Å²) in [7, 11) is 0. The highest BCUT2D eigenvalue weighted by atomic mass is 16.4. The van der Waals surface area contributed by atoms with Crippen LogP contribution in [-0.2, 0) is 9.59 Å². The zero-order chi connectivity index (χ0) is 10.1. The Morgan fingerprint density at radius 1 is 1.46 bits per heavy atom. The summed E-state index contributed by atoms with van der Waals surface area (Å²) in [5.41, 5.74) is 0. The fraction of sp³-hybridized carbons (Fsp3) is 0.600. The number of aldehydes is 1. The van der Waals surface area contributed by atoms with Gasteiger partial charge in [-0.25, -0.2) is 0 Å². The molecule has 0 saturated carbocycles. The number of allylic oxidation sites excluding steroid dienone is 2. The lowest BCUT2D eigenvalue weighted by Gasteiger charge is -2.03. The van der Waals surface area contributed by atoms with Crippen LogP contribution in [0.5, 0.6) is 0 Å². The molecular weight excluding hydrogens is 168 g/mol. The number of unbranched alkanes of at least 4 members (excludes halogenated alkanes) is 2. The molecule has 0 amide bonds. The summed E-state index contributed by atoms with van der Waals surface area (Å²) in [4.78, 5) is 20.3.